The Morgan fingerprint density at radius 3 is 1.19 bits per heavy atom. The first-order valence-corrected chi connectivity index (χ1v) is 12.6. The van der Waals surface area contributed by atoms with E-state index in [-0.39, 0.29) is 11.5 Å². The zero-order valence-electron chi connectivity index (χ0n) is 14.7. The molecule has 0 fully saturated rings. The summed E-state index contributed by atoms with van der Waals surface area (Å²) in [6.07, 6.45) is 0. The van der Waals surface area contributed by atoms with Crippen LogP contribution < -0.4 is 17.4 Å². The average molecular weight is 415 g/mol. The van der Waals surface area contributed by atoms with E-state index >= 15 is 0 Å². The number of hydrogen-bond donors (Lipinski definition) is 2. The molecule has 0 radical (unpaired) electrons. The van der Waals surface area contributed by atoms with E-state index in [1.165, 1.54) is 13.1 Å². The van der Waals surface area contributed by atoms with Gasteiger partial charge in [0.05, 0.1) is 0 Å². The molecule has 4 aromatic rings. The number of benzene rings is 4. The summed E-state index contributed by atoms with van der Waals surface area (Å²) >= 11 is -3.10. The molecule has 0 saturated carbocycles. The van der Waals surface area contributed by atoms with Gasteiger partial charge in [-0.3, -0.25) is 0 Å². The van der Waals surface area contributed by atoms with Gasteiger partial charge < -0.3 is 0 Å². The molecule has 2 nitrogen and oxygen atoms in total. The zero-order chi connectivity index (χ0) is 18.7. The van der Waals surface area contributed by atoms with Crippen molar-refractivity contribution in [1.82, 2.24) is 0 Å². The Balaban J connectivity index is 2.14. The molecule has 0 aliphatic rings. The van der Waals surface area contributed by atoms with Crippen LogP contribution in [0.4, 0.5) is 0 Å². The number of hydrogen-bond acceptors (Lipinski definition) is 2. The fourth-order valence-electron chi connectivity index (χ4n) is 3.57. The number of phenols is 2. The molecule has 2 N–H and O–H groups in total. The van der Waals surface area contributed by atoms with E-state index in [9.17, 15) is 10.2 Å². The summed E-state index contributed by atoms with van der Waals surface area (Å²) in [7, 11) is 0. The van der Waals surface area contributed by atoms with E-state index in [1.807, 2.05) is 24.3 Å². The van der Waals surface area contributed by atoms with Crippen LogP contribution >= 0.6 is 0 Å². The fourth-order valence-corrected chi connectivity index (χ4v) is 12.5. The van der Waals surface area contributed by atoms with Crippen LogP contribution in [0.15, 0.2) is 109 Å². The maximum absolute atomic E-state index is 10.3. The van der Waals surface area contributed by atoms with Gasteiger partial charge in [0.15, 0.2) is 0 Å². The molecule has 27 heavy (non-hydrogen) atoms. The van der Waals surface area contributed by atoms with Gasteiger partial charge in [0.1, 0.15) is 0 Å². The number of aromatic hydroxyl groups is 2. The molecular weight excluding hydrogens is 395 g/mol. The molecule has 0 unspecified atom stereocenters. The van der Waals surface area contributed by atoms with Crippen molar-refractivity contribution in [2.24, 2.45) is 0 Å². The Labute approximate surface area is 161 Å². The van der Waals surface area contributed by atoms with Crippen molar-refractivity contribution in [2.75, 3.05) is 0 Å². The van der Waals surface area contributed by atoms with Gasteiger partial charge in [-0.1, -0.05) is 0 Å². The number of phenolic OH excluding ortho intramolecular Hbond substituents is 2. The first-order valence-electron chi connectivity index (χ1n) is 8.81. The van der Waals surface area contributed by atoms with Gasteiger partial charge in [-0.2, -0.15) is 0 Å². The monoisotopic (exact) mass is 415 g/mol. The Morgan fingerprint density at radius 2 is 0.815 bits per heavy atom. The van der Waals surface area contributed by atoms with Gasteiger partial charge in [-0.15, -0.1) is 0 Å². The van der Waals surface area contributed by atoms with Crippen molar-refractivity contribution in [1.29, 1.82) is 0 Å². The Morgan fingerprint density at radius 1 is 0.407 bits per heavy atom. The molecule has 0 amide bonds. The van der Waals surface area contributed by atoms with E-state index in [2.05, 4.69) is 72.8 Å². The zero-order valence-corrected chi connectivity index (χ0v) is 16.6. The molecule has 0 aliphatic carbocycles. The van der Waals surface area contributed by atoms with Crippen LogP contribution in [0.2, 0.25) is 0 Å². The summed E-state index contributed by atoms with van der Waals surface area (Å²) in [6.45, 7) is 0. The van der Waals surface area contributed by atoms with Crippen molar-refractivity contribution in [3.05, 3.63) is 109 Å². The van der Waals surface area contributed by atoms with E-state index in [1.54, 1.807) is 12.1 Å². The molecule has 4 aromatic carbocycles. The summed E-state index contributed by atoms with van der Waals surface area (Å²) in [5.74, 6) is -0.178. The molecule has 0 atom stereocenters. The Hall–Kier alpha value is -2.96. The Bertz CT molecular complexity index is 935. The van der Waals surface area contributed by atoms with Crippen LogP contribution in [-0.2, 0) is 0 Å². The third-order valence-corrected chi connectivity index (χ3v) is 13.7. The fraction of sp³-hybridized carbons (Fsp3) is 0. The second-order valence-electron chi connectivity index (χ2n) is 6.35. The van der Waals surface area contributed by atoms with Crippen LogP contribution in [0.1, 0.15) is 0 Å². The van der Waals surface area contributed by atoms with E-state index in [4.69, 9.17) is 0 Å². The first-order chi connectivity index (χ1) is 13.2. The molecule has 0 aliphatic heterocycles. The van der Waals surface area contributed by atoms with Gasteiger partial charge in [0, 0.05) is 0 Å². The first kappa shape index (κ1) is 17.5. The molecule has 132 valence electrons. The summed E-state index contributed by atoms with van der Waals surface area (Å²) in [5.41, 5.74) is 0. The quantitative estimate of drug-likeness (QED) is 0.397. The standard InChI is InChI=1S/C24H19AsO2/c26-23-17-16-22(18-24(23)27)25(19-10-4-1-5-11-19,20-12-6-2-7-13-20)21-14-8-3-9-15-21/h1-18H,(H-,26,27)/p+1. The third kappa shape index (κ3) is 3.03. The van der Waals surface area contributed by atoms with Crippen LogP contribution in [-0.4, -0.2) is 23.8 Å². The minimum atomic E-state index is -3.10. The summed E-state index contributed by atoms with van der Waals surface area (Å²) < 4.78 is 4.85. The molecule has 0 spiro atoms. The van der Waals surface area contributed by atoms with Crippen LogP contribution in [0.25, 0.3) is 0 Å². The van der Waals surface area contributed by atoms with Crippen molar-refractivity contribution in [3.63, 3.8) is 0 Å². The predicted molar refractivity (Wildman–Crippen MR) is 113 cm³/mol. The van der Waals surface area contributed by atoms with Crippen LogP contribution in [0, 0.1) is 0 Å². The van der Waals surface area contributed by atoms with Crippen molar-refractivity contribution >= 4 is 31.0 Å². The van der Waals surface area contributed by atoms with Gasteiger partial charge in [-0.05, 0) is 0 Å². The van der Waals surface area contributed by atoms with Gasteiger partial charge in [0.25, 0.3) is 0 Å². The van der Waals surface area contributed by atoms with Crippen molar-refractivity contribution in [2.45, 2.75) is 0 Å². The number of rotatable bonds is 4. The molecular formula is C24H20AsO2+. The van der Waals surface area contributed by atoms with Crippen LogP contribution in [0.3, 0.4) is 0 Å². The second kappa shape index (κ2) is 7.34. The molecule has 3 heteroatoms. The molecule has 0 aromatic heterocycles. The normalized spacial score (nSPS) is 11.3. The van der Waals surface area contributed by atoms with E-state index in [0.29, 0.717) is 0 Å². The van der Waals surface area contributed by atoms with Gasteiger partial charge >= 0.3 is 162 Å². The van der Waals surface area contributed by atoms with Crippen molar-refractivity contribution in [3.8, 4) is 11.5 Å². The van der Waals surface area contributed by atoms with E-state index < -0.39 is 13.6 Å². The summed E-state index contributed by atoms with van der Waals surface area (Å²) in [6, 6.07) is 36.8. The van der Waals surface area contributed by atoms with Gasteiger partial charge in [0.2, 0.25) is 0 Å². The van der Waals surface area contributed by atoms with Gasteiger partial charge in [-0.25, -0.2) is 0 Å². The topological polar surface area (TPSA) is 40.5 Å². The predicted octanol–water partition coefficient (Wildman–Crippen LogP) is 2.48. The SMILES string of the molecule is Oc1ccc([As+](c2ccccc2)(c2ccccc2)c2ccccc2)cc1O. The van der Waals surface area contributed by atoms with Crippen LogP contribution in [0.5, 0.6) is 11.5 Å². The third-order valence-electron chi connectivity index (χ3n) is 4.78. The summed E-state index contributed by atoms with van der Waals surface area (Å²) in [4.78, 5) is 0. The Kier molecular flexibility index (Phi) is 4.75. The second-order valence-corrected chi connectivity index (χ2v) is 13.5. The van der Waals surface area contributed by atoms with Crippen molar-refractivity contribution < 1.29 is 10.2 Å². The molecule has 0 heterocycles. The average Bonchev–Trinajstić information content (AvgIpc) is 2.74. The van der Waals surface area contributed by atoms with E-state index in [0.717, 1.165) is 4.35 Å². The molecule has 0 bridgehead atoms. The molecule has 4 rings (SSSR count). The maximum atomic E-state index is 10.3. The molecule has 0 saturated heterocycles. The minimum absolute atomic E-state index is 0.0823. The summed E-state index contributed by atoms with van der Waals surface area (Å²) in [5, 5.41) is 20.2.